The molecule has 0 aliphatic rings. The molecule has 3 heterocycles. The molecule has 1 atom stereocenters. The Morgan fingerprint density at radius 1 is 1.34 bits per heavy atom. The first-order chi connectivity index (χ1) is 13.9. The smallest absolute Gasteiger partial charge is 0.341 e. The minimum absolute atomic E-state index is 0.0806. The van der Waals surface area contributed by atoms with Crippen molar-refractivity contribution in [2.24, 2.45) is 0 Å². The van der Waals surface area contributed by atoms with E-state index in [4.69, 9.17) is 16.0 Å². The van der Waals surface area contributed by atoms with Gasteiger partial charge in [0.2, 0.25) is 0 Å². The average Bonchev–Trinajstić information content (AvgIpc) is 3.28. The number of benzene rings is 1. The van der Waals surface area contributed by atoms with Crippen molar-refractivity contribution in [3.8, 4) is 0 Å². The van der Waals surface area contributed by atoms with Crippen molar-refractivity contribution >= 4 is 40.1 Å². The highest BCUT2D eigenvalue weighted by Gasteiger charge is 2.25. The molecule has 1 amide bonds. The zero-order chi connectivity index (χ0) is 20.7. The molecule has 29 heavy (non-hydrogen) atoms. The Morgan fingerprint density at radius 3 is 2.90 bits per heavy atom. The van der Waals surface area contributed by atoms with Gasteiger partial charge in [0.05, 0.1) is 24.4 Å². The molecule has 10 heteroatoms. The topological polar surface area (TPSA) is 98.7 Å². The van der Waals surface area contributed by atoms with E-state index in [1.54, 1.807) is 25.4 Å². The minimum Gasteiger partial charge on any atom is -0.465 e. The molecule has 0 radical (unpaired) electrons. The van der Waals surface area contributed by atoms with Gasteiger partial charge >= 0.3 is 5.97 Å². The fraction of sp³-hybridized carbons (Fsp3) is 0.158. The second-order valence-electron chi connectivity index (χ2n) is 6.24. The van der Waals surface area contributed by atoms with E-state index in [2.05, 4.69) is 20.1 Å². The summed E-state index contributed by atoms with van der Waals surface area (Å²) < 4.78 is 25.8. The van der Waals surface area contributed by atoms with E-state index in [1.165, 1.54) is 17.8 Å². The first kappa shape index (κ1) is 18.9. The van der Waals surface area contributed by atoms with Crippen LogP contribution in [-0.4, -0.2) is 33.6 Å². The molecule has 0 bridgehead atoms. The number of ether oxygens (including phenoxy) is 1. The molecule has 0 spiro atoms. The summed E-state index contributed by atoms with van der Waals surface area (Å²) in [7, 11) is 1.18. The van der Waals surface area contributed by atoms with Crippen molar-refractivity contribution in [2.45, 2.75) is 13.0 Å². The third kappa shape index (κ3) is 3.19. The first-order valence-electron chi connectivity index (χ1n) is 8.49. The quantitative estimate of drug-likeness (QED) is 0.511. The van der Waals surface area contributed by atoms with Gasteiger partial charge in [-0.2, -0.15) is 5.10 Å². The third-order valence-electron chi connectivity index (χ3n) is 4.39. The van der Waals surface area contributed by atoms with E-state index < -0.39 is 23.7 Å². The highest BCUT2D eigenvalue weighted by atomic mass is 35.5. The average molecular weight is 417 g/mol. The minimum atomic E-state index is -0.763. The van der Waals surface area contributed by atoms with Gasteiger partial charge in [-0.3, -0.25) is 4.79 Å². The third-order valence-corrected chi connectivity index (χ3v) is 4.78. The zero-order valence-electron chi connectivity index (χ0n) is 15.3. The number of carbonyl (C=O) groups excluding carboxylic acids is 2. The maximum Gasteiger partial charge on any atom is 0.341 e. The second-order valence-corrected chi connectivity index (χ2v) is 6.62. The van der Waals surface area contributed by atoms with Crippen LogP contribution in [0.2, 0.25) is 5.02 Å². The molecular formula is C19H14ClFN4O4. The van der Waals surface area contributed by atoms with Crippen molar-refractivity contribution in [3.05, 3.63) is 64.5 Å². The molecule has 8 nitrogen and oxygen atoms in total. The SMILES string of the molecule is COC(=O)c1cc(F)cc2c(Cl)c([C@H](C)NC(=O)c3cnn4cccnc34)oc12. The summed E-state index contributed by atoms with van der Waals surface area (Å²) >= 11 is 6.35. The van der Waals surface area contributed by atoms with Crippen LogP contribution in [0.25, 0.3) is 16.6 Å². The van der Waals surface area contributed by atoms with Crippen molar-refractivity contribution in [1.29, 1.82) is 0 Å². The number of fused-ring (bicyclic) bond motifs is 2. The molecule has 0 aliphatic carbocycles. The van der Waals surface area contributed by atoms with Gasteiger partial charge in [0.1, 0.15) is 22.7 Å². The molecule has 0 saturated heterocycles. The zero-order valence-corrected chi connectivity index (χ0v) is 16.0. The van der Waals surface area contributed by atoms with Crippen molar-refractivity contribution in [2.75, 3.05) is 7.11 Å². The lowest BCUT2D eigenvalue weighted by molar-refractivity contribution is 0.0600. The van der Waals surface area contributed by atoms with Crippen molar-refractivity contribution in [3.63, 3.8) is 0 Å². The lowest BCUT2D eigenvalue weighted by Gasteiger charge is -2.11. The fourth-order valence-corrected chi connectivity index (χ4v) is 3.36. The van der Waals surface area contributed by atoms with Crippen LogP contribution in [0, 0.1) is 5.82 Å². The Bertz CT molecular complexity index is 1270. The predicted octanol–water partition coefficient (Wildman–Crippen LogP) is 3.55. The number of esters is 1. The number of aromatic nitrogens is 3. The molecule has 4 rings (SSSR count). The highest BCUT2D eigenvalue weighted by Crippen LogP contribution is 2.36. The van der Waals surface area contributed by atoms with Gasteiger partial charge in [-0.25, -0.2) is 18.7 Å². The van der Waals surface area contributed by atoms with Crippen LogP contribution in [-0.2, 0) is 4.74 Å². The van der Waals surface area contributed by atoms with Gasteiger partial charge in [0.15, 0.2) is 11.2 Å². The molecule has 1 N–H and O–H groups in total. The molecule has 0 fully saturated rings. The van der Waals surface area contributed by atoms with Gasteiger partial charge in [0, 0.05) is 17.8 Å². The van der Waals surface area contributed by atoms with E-state index in [-0.39, 0.29) is 32.9 Å². The normalized spacial score (nSPS) is 12.3. The van der Waals surface area contributed by atoms with E-state index in [0.29, 0.717) is 5.65 Å². The van der Waals surface area contributed by atoms with E-state index in [0.717, 1.165) is 12.1 Å². The number of halogens is 2. The monoisotopic (exact) mass is 416 g/mol. The molecule has 1 aromatic carbocycles. The van der Waals surface area contributed by atoms with Crippen LogP contribution in [0.5, 0.6) is 0 Å². The number of carbonyl (C=O) groups is 2. The number of hydrogen-bond acceptors (Lipinski definition) is 6. The molecule has 148 valence electrons. The molecular weight excluding hydrogens is 403 g/mol. The van der Waals surface area contributed by atoms with Gasteiger partial charge in [-0.15, -0.1) is 0 Å². The molecule has 0 saturated carbocycles. The Balaban J connectivity index is 1.70. The Labute approximate surface area is 168 Å². The van der Waals surface area contributed by atoms with Crippen LogP contribution in [0.15, 0.2) is 41.2 Å². The summed E-state index contributed by atoms with van der Waals surface area (Å²) in [5, 5.41) is 7.12. The lowest BCUT2D eigenvalue weighted by Crippen LogP contribution is -2.26. The fourth-order valence-electron chi connectivity index (χ4n) is 3.02. The molecule has 3 aromatic heterocycles. The number of hydrogen-bond donors (Lipinski definition) is 1. The van der Waals surface area contributed by atoms with E-state index >= 15 is 0 Å². The summed E-state index contributed by atoms with van der Waals surface area (Å²) in [6.45, 7) is 1.65. The molecule has 0 aliphatic heterocycles. The first-order valence-corrected chi connectivity index (χ1v) is 8.87. The summed E-state index contributed by atoms with van der Waals surface area (Å²) in [6.07, 6.45) is 4.62. The van der Waals surface area contributed by atoms with Gasteiger partial charge < -0.3 is 14.5 Å². The van der Waals surface area contributed by atoms with Gasteiger partial charge in [-0.1, -0.05) is 11.6 Å². The number of nitrogens with one attached hydrogen (secondary N) is 1. The van der Waals surface area contributed by atoms with Crippen molar-refractivity contribution in [1.82, 2.24) is 19.9 Å². The second kappa shape index (κ2) is 7.17. The number of amides is 1. The van der Waals surface area contributed by atoms with Crippen LogP contribution in [0.1, 0.15) is 39.4 Å². The van der Waals surface area contributed by atoms with Crippen LogP contribution in [0.4, 0.5) is 4.39 Å². The highest BCUT2D eigenvalue weighted by molar-refractivity contribution is 6.36. The van der Waals surface area contributed by atoms with Gasteiger partial charge in [0.25, 0.3) is 5.91 Å². The Hall–Kier alpha value is -3.46. The summed E-state index contributed by atoms with van der Waals surface area (Å²) in [4.78, 5) is 28.8. The largest absolute Gasteiger partial charge is 0.465 e. The number of rotatable bonds is 4. The Morgan fingerprint density at radius 2 is 2.14 bits per heavy atom. The van der Waals surface area contributed by atoms with Crippen molar-refractivity contribution < 1.29 is 23.1 Å². The van der Waals surface area contributed by atoms with E-state index in [1.807, 2.05) is 0 Å². The number of furan rings is 1. The van der Waals surface area contributed by atoms with Gasteiger partial charge in [-0.05, 0) is 25.1 Å². The number of methoxy groups -OCH3 is 1. The summed E-state index contributed by atoms with van der Waals surface area (Å²) in [5.41, 5.74) is 0.645. The lowest BCUT2D eigenvalue weighted by atomic mass is 10.1. The van der Waals surface area contributed by atoms with E-state index in [9.17, 15) is 14.0 Å². The van der Waals surface area contributed by atoms with Crippen LogP contribution >= 0.6 is 11.6 Å². The predicted molar refractivity (Wildman–Crippen MR) is 101 cm³/mol. The summed E-state index contributed by atoms with van der Waals surface area (Å²) in [6, 6.07) is 3.16. The molecule has 4 aromatic rings. The standard InChI is InChI=1S/C19H14ClFN4O4/c1-9(24-18(26)13-8-23-25-5-3-4-22-17(13)25)15-14(20)11-6-10(21)7-12(16(11)29-15)19(27)28-2/h3-9H,1-2H3,(H,24,26)/t9-/m0/s1. The summed E-state index contributed by atoms with van der Waals surface area (Å²) in [5.74, 6) is -1.70. The Kier molecular flexibility index (Phi) is 4.67. The van der Waals surface area contributed by atoms with Crippen LogP contribution in [0.3, 0.4) is 0 Å². The number of nitrogens with zero attached hydrogens (tertiary/aromatic N) is 3. The van der Waals surface area contributed by atoms with Crippen LogP contribution < -0.4 is 5.32 Å². The maximum absolute atomic E-state index is 13.9. The maximum atomic E-state index is 13.9. The molecule has 0 unspecified atom stereocenters.